The summed E-state index contributed by atoms with van der Waals surface area (Å²) in [7, 11) is 0. The van der Waals surface area contributed by atoms with E-state index in [1.165, 1.54) is 12.1 Å². The van der Waals surface area contributed by atoms with Gasteiger partial charge >= 0.3 is 0 Å². The number of unbranched alkanes of at least 4 members (excludes halogenated alkanes) is 1. The second-order valence-corrected chi connectivity index (χ2v) is 5.11. The van der Waals surface area contributed by atoms with E-state index in [1.54, 1.807) is 4.90 Å². The van der Waals surface area contributed by atoms with Gasteiger partial charge in [0.1, 0.15) is 0 Å². The van der Waals surface area contributed by atoms with E-state index in [0.29, 0.717) is 18.4 Å². The number of nitrogens with zero attached hydrogens (tertiary/aromatic N) is 1. The largest absolute Gasteiger partial charge is 0.342 e. The fourth-order valence-corrected chi connectivity index (χ4v) is 2.20. The summed E-state index contributed by atoms with van der Waals surface area (Å²) in [4.78, 5) is 13.8. The van der Waals surface area contributed by atoms with E-state index in [0.717, 1.165) is 18.9 Å². The van der Waals surface area contributed by atoms with Gasteiger partial charge in [-0.05, 0) is 12.5 Å². The van der Waals surface area contributed by atoms with Crippen LogP contribution in [0.2, 0.25) is 0 Å². The summed E-state index contributed by atoms with van der Waals surface area (Å²) in [6.45, 7) is 3.27. The standard InChI is InChI=1S/C14H18BrF2NO/c1-2-3-8-18(9-7-15)13(19)10-11-5-4-6-12(16)14(11)17/h4-6H,2-3,7-10H2,1H3. The Morgan fingerprint density at radius 1 is 1.32 bits per heavy atom. The molecule has 1 amide bonds. The summed E-state index contributed by atoms with van der Waals surface area (Å²) >= 11 is 3.29. The lowest BCUT2D eigenvalue weighted by molar-refractivity contribution is -0.130. The number of carbonyl (C=O) groups is 1. The first-order valence-electron chi connectivity index (χ1n) is 6.36. The molecule has 1 rings (SSSR count). The number of halogens is 3. The fraction of sp³-hybridized carbons (Fsp3) is 0.500. The van der Waals surface area contributed by atoms with Gasteiger partial charge in [0.25, 0.3) is 0 Å². The predicted octanol–water partition coefficient (Wildman–Crippen LogP) is 3.53. The average Bonchev–Trinajstić information content (AvgIpc) is 2.39. The molecule has 0 unspecified atom stereocenters. The molecular formula is C14H18BrF2NO. The van der Waals surface area contributed by atoms with Gasteiger partial charge in [-0.2, -0.15) is 0 Å². The maximum absolute atomic E-state index is 13.5. The van der Waals surface area contributed by atoms with Gasteiger partial charge in [-0.1, -0.05) is 41.4 Å². The van der Waals surface area contributed by atoms with E-state index < -0.39 is 11.6 Å². The van der Waals surface area contributed by atoms with Crippen LogP contribution in [-0.4, -0.2) is 29.2 Å². The van der Waals surface area contributed by atoms with Gasteiger partial charge in [-0.15, -0.1) is 0 Å². The Morgan fingerprint density at radius 3 is 2.68 bits per heavy atom. The summed E-state index contributed by atoms with van der Waals surface area (Å²) in [6, 6.07) is 3.92. The summed E-state index contributed by atoms with van der Waals surface area (Å²) in [6.07, 6.45) is 1.80. The van der Waals surface area contributed by atoms with Crippen molar-refractivity contribution in [2.45, 2.75) is 26.2 Å². The fourth-order valence-electron chi connectivity index (χ4n) is 1.77. The SMILES string of the molecule is CCCCN(CCBr)C(=O)Cc1cccc(F)c1F. The van der Waals surface area contributed by atoms with Gasteiger partial charge in [0.2, 0.25) is 5.91 Å². The molecule has 0 aliphatic rings. The van der Waals surface area contributed by atoms with Crippen molar-refractivity contribution in [3.05, 3.63) is 35.4 Å². The highest BCUT2D eigenvalue weighted by Gasteiger charge is 2.16. The van der Waals surface area contributed by atoms with Crippen molar-refractivity contribution in [2.75, 3.05) is 18.4 Å². The minimum absolute atomic E-state index is 0.0969. The second-order valence-electron chi connectivity index (χ2n) is 4.31. The Balaban J connectivity index is 2.72. The van der Waals surface area contributed by atoms with Gasteiger partial charge in [0, 0.05) is 24.0 Å². The molecule has 5 heteroatoms. The highest BCUT2D eigenvalue weighted by atomic mass is 79.9. The maximum Gasteiger partial charge on any atom is 0.227 e. The van der Waals surface area contributed by atoms with Crippen LogP contribution in [0.15, 0.2) is 18.2 Å². The number of alkyl halides is 1. The van der Waals surface area contributed by atoms with Crippen LogP contribution < -0.4 is 0 Å². The Morgan fingerprint density at radius 2 is 2.05 bits per heavy atom. The molecule has 0 fully saturated rings. The third-order valence-electron chi connectivity index (χ3n) is 2.86. The third-order valence-corrected chi connectivity index (χ3v) is 3.22. The predicted molar refractivity (Wildman–Crippen MR) is 75.3 cm³/mol. The van der Waals surface area contributed by atoms with Gasteiger partial charge in [-0.25, -0.2) is 8.78 Å². The van der Waals surface area contributed by atoms with E-state index in [1.807, 2.05) is 6.92 Å². The van der Waals surface area contributed by atoms with Crippen molar-refractivity contribution < 1.29 is 13.6 Å². The van der Waals surface area contributed by atoms with Crippen LogP contribution in [0.1, 0.15) is 25.3 Å². The molecule has 0 radical (unpaired) electrons. The number of hydrogen-bond acceptors (Lipinski definition) is 1. The summed E-state index contributed by atoms with van der Waals surface area (Å²) < 4.78 is 26.6. The van der Waals surface area contributed by atoms with Crippen LogP contribution in [-0.2, 0) is 11.2 Å². The van der Waals surface area contributed by atoms with Crippen LogP contribution in [0, 0.1) is 11.6 Å². The maximum atomic E-state index is 13.5. The molecule has 0 spiro atoms. The van der Waals surface area contributed by atoms with Crippen molar-refractivity contribution in [1.82, 2.24) is 4.90 Å². The molecule has 1 aromatic rings. The zero-order valence-electron chi connectivity index (χ0n) is 11.0. The first-order chi connectivity index (χ1) is 9.10. The average molecular weight is 334 g/mol. The first-order valence-corrected chi connectivity index (χ1v) is 7.49. The topological polar surface area (TPSA) is 20.3 Å². The first kappa shape index (κ1) is 16.1. The smallest absolute Gasteiger partial charge is 0.227 e. The molecule has 0 saturated carbocycles. The van der Waals surface area contributed by atoms with Crippen molar-refractivity contribution >= 4 is 21.8 Å². The van der Waals surface area contributed by atoms with Crippen molar-refractivity contribution in [3.63, 3.8) is 0 Å². The minimum Gasteiger partial charge on any atom is -0.342 e. The van der Waals surface area contributed by atoms with Crippen LogP contribution in [0.3, 0.4) is 0 Å². The lowest BCUT2D eigenvalue weighted by atomic mass is 10.1. The van der Waals surface area contributed by atoms with E-state index in [-0.39, 0.29) is 17.9 Å². The molecule has 0 atom stereocenters. The molecule has 2 nitrogen and oxygen atoms in total. The molecule has 106 valence electrons. The third kappa shape index (κ3) is 4.90. The Bertz CT molecular complexity index is 426. The van der Waals surface area contributed by atoms with Gasteiger partial charge in [0.05, 0.1) is 6.42 Å². The molecular weight excluding hydrogens is 316 g/mol. The number of carbonyl (C=O) groups excluding carboxylic acids is 1. The molecule has 0 aliphatic carbocycles. The quantitative estimate of drug-likeness (QED) is 0.699. The van der Waals surface area contributed by atoms with E-state index in [2.05, 4.69) is 15.9 Å². The van der Waals surface area contributed by atoms with Crippen molar-refractivity contribution in [2.24, 2.45) is 0 Å². The summed E-state index contributed by atoms with van der Waals surface area (Å²) in [5.74, 6) is -2.01. The van der Waals surface area contributed by atoms with Crippen LogP contribution >= 0.6 is 15.9 Å². The molecule has 0 saturated heterocycles. The number of benzene rings is 1. The monoisotopic (exact) mass is 333 g/mol. The lowest BCUT2D eigenvalue weighted by Gasteiger charge is -2.21. The molecule has 0 heterocycles. The van der Waals surface area contributed by atoms with Gasteiger partial charge in [-0.3, -0.25) is 4.79 Å². The summed E-state index contributed by atoms with van der Waals surface area (Å²) in [5, 5.41) is 0.675. The zero-order valence-corrected chi connectivity index (χ0v) is 12.6. The van der Waals surface area contributed by atoms with Gasteiger partial charge < -0.3 is 4.90 Å². The lowest BCUT2D eigenvalue weighted by Crippen LogP contribution is -2.35. The van der Waals surface area contributed by atoms with Crippen LogP contribution in [0.5, 0.6) is 0 Å². The molecule has 0 aromatic heterocycles. The Hall–Kier alpha value is -0.970. The number of rotatable bonds is 7. The van der Waals surface area contributed by atoms with Crippen LogP contribution in [0.4, 0.5) is 8.78 Å². The molecule has 0 bridgehead atoms. The van der Waals surface area contributed by atoms with Crippen molar-refractivity contribution in [3.8, 4) is 0 Å². The van der Waals surface area contributed by atoms with E-state index in [4.69, 9.17) is 0 Å². The van der Waals surface area contributed by atoms with Crippen LogP contribution in [0.25, 0.3) is 0 Å². The van der Waals surface area contributed by atoms with E-state index in [9.17, 15) is 13.6 Å². The normalized spacial score (nSPS) is 10.5. The number of hydrogen-bond donors (Lipinski definition) is 0. The van der Waals surface area contributed by atoms with E-state index >= 15 is 0 Å². The number of amides is 1. The van der Waals surface area contributed by atoms with Gasteiger partial charge in [0.15, 0.2) is 11.6 Å². The second kappa shape index (κ2) is 8.25. The Labute approximate surface area is 120 Å². The molecule has 19 heavy (non-hydrogen) atoms. The van der Waals surface area contributed by atoms with Crippen molar-refractivity contribution in [1.29, 1.82) is 0 Å². The minimum atomic E-state index is -0.926. The molecule has 0 N–H and O–H groups in total. The molecule has 1 aromatic carbocycles. The summed E-state index contributed by atoms with van der Waals surface area (Å²) in [5.41, 5.74) is 0.112. The zero-order chi connectivity index (χ0) is 14.3. The highest BCUT2D eigenvalue weighted by molar-refractivity contribution is 9.09. The molecule has 0 aliphatic heterocycles. The highest BCUT2D eigenvalue weighted by Crippen LogP contribution is 2.13. The Kier molecular flexibility index (Phi) is 6.99.